The van der Waals surface area contributed by atoms with Crippen LogP contribution in [0.3, 0.4) is 0 Å². The van der Waals surface area contributed by atoms with Crippen LogP contribution in [-0.4, -0.2) is 29.6 Å². The number of nitrogens with zero attached hydrogens (tertiary/aromatic N) is 2. The average Bonchev–Trinajstić information content (AvgIpc) is 2.66. The van der Waals surface area contributed by atoms with E-state index in [9.17, 15) is 9.59 Å². The monoisotopic (exact) mass is 429 g/mol. The number of rotatable bonds is 6. The van der Waals surface area contributed by atoms with Gasteiger partial charge in [-0.15, -0.1) is 4.68 Å². The minimum Gasteiger partial charge on any atom is -0.493 e. The molecular formula is C19H16BrN3O4. The summed E-state index contributed by atoms with van der Waals surface area (Å²) in [6.45, 7) is 3.88. The first-order valence-electron chi connectivity index (χ1n) is 7.95. The van der Waals surface area contributed by atoms with Crippen molar-refractivity contribution in [3.05, 3.63) is 79.9 Å². The summed E-state index contributed by atoms with van der Waals surface area (Å²) >= 11 is 3.39. The zero-order chi connectivity index (χ0) is 19.4. The number of aromatic nitrogens is 2. The standard InChI is InChI=1S/C19H16BrN3O4/c1-3-8-27-17-12(9-13(20)10-16(17)26-2)11-21-23-18(24)14-6-4-5-7-15(14)22-19(23)25/h3-7,9-11H,1,8H2,2H3,(H,22,25). The molecular weight excluding hydrogens is 414 g/mol. The van der Waals surface area contributed by atoms with Gasteiger partial charge in [-0.05, 0) is 24.3 Å². The molecule has 1 N–H and O–H groups in total. The maximum absolute atomic E-state index is 12.6. The molecule has 0 radical (unpaired) electrons. The van der Waals surface area contributed by atoms with Crippen molar-refractivity contribution in [1.82, 2.24) is 9.66 Å². The highest BCUT2D eigenvalue weighted by atomic mass is 79.9. The summed E-state index contributed by atoms with van der Waals surface area (Å²) in [6.07, 6.45) is 2.97. The number of hydrogen-bond acceptors (Lipinski definition) is 5. The molecule has 0 amide bonds. The van der Waals surface area contributed by atoms with Crippen LogP contribution in [0.2, 0.25) is 0 Å². The Kier molecular flexibility index (Phi) is 5.56. The van der Waals surface area contributed by atoms with Gasteiger partial charge in [-0.25, -0.2) is 4.79 Å². The predicted molar refractivity (Wildman–Crippen MR) is 108 cm³/mol. The van der Waals surface area contributed by atoms with Crippen LogP contribution in [-0.2, 0) is 0 Å². The van der Waals surface area contributed by atoms with E-state index in [1.807, 2.05) is 0 Å². The Balaban J connectivity index is 2.12. The number of ether oxygens (including phenoxy) is 2. The molecule has 0 spiro atoms. The lowest BCUT2D eigenvalue weighted by Crippen LogP contribution is -2.32. The van der Waals surface area contributed by atoms with Crippen LogP contribution in [0.15, 0.2) is 68.2 Å². The number of hydrogen-bond donors (Lipinski definition) is 1. The number of methoxy groups -OCH3 is 1. The second-order valence-corrected chi connectivity index (χ2v) is 6.38. The SMILES string of the molecule is C=CCOc1c(C=Nn2c(=O)[nH]c3ccccc3c2=O)cc(Br)cc1OC. The third-order valence-electron chi connectivity index (χ3n) is 3.71. The number of para-hydroxylation sites is 1. The van der Waals surface area contributed by atoms with Crippen molar-refractivity contribution in [3.8, 4) is 11.5 Å². The van der Waals surface area contributed by atoms with E-state index in [2.05, 4.69) is 32.6 Å². The van der Waals surface area contributed by atoms with Gasteiger partial charge in [0.1, 0.15) is 6.61 Å². The quantitative estimate of drug-likeness (QED) is 0.482. The zero-order valence-corrected chi connectivity index (χ0v) is 16.0. The molecule has 0 aliphatic heterocycles. The molecule has 0 atom stereocenters. The molecule has 0 saturated carbocycles. The van der Waals surface area contributed by atoms with E-state index < -0.39 is 11.2 Å². The van der Waals surface area contributed by atoms with Crippen molar-refractivity contribution in [1.29, 1.82) is 0 Å². The highest BCUT2D eigenvalue weighted by molar-refractivity contribution is 9.10. The van der Waals surface area contributed by atoms with E-state index in [0.29, 0.717) is 28.0 Å². The van der Waals surface area contributed by atoms with Crippen molar-refractivity contribution in [2.24, 2.45) is 5.10 Å². The highest BCUT2D eigenvalue weighted by Gasteiger charge is 2.12. The fraction of sp³-hybridized carbons (Fsp3) is 0.105. The first-order chi connectivity index (χ1) is 13.0. The zero-order valence-electron chi connectivity index (χ0n) is 14.4. The molecule has 3 aromatic rings. The third kappa shape index (κ3) is 3.85. The van der Waals surface area contributed by atoms with E-state index in [0.717, 1.165) is 9.15 Å². The lowest BCUT2D eigenvalue weighted by molar-refractivity contribution is 0.326. The van der Waals surface area contributed by atoms with Crippen molar-refractivity contribution in [2.75, 3.05) is 13.7 Å². The lowest BCUT2D eigenvalue weighted by Gasteiger charge is -2.12. The van der Waals surface area contributed by atoms with Crippen molar-refractivity contribution < 1.29 is 9.47 Å². The molecule has 1 heterocycles. The number of nitrogens with one attached hydrogen (secondary N) is 1. The Morgan fingerprint density at radius 2 is 2.07 bits per heavy atom. The molecule has 7 nitrogen and oxygen atoms in total. The maximum atomic E-state index is 12.6. The molecule has 138 valence electrons. The van der Waals surface area contributed by atoms with Crippen molar-refractivity contribution >= 4 is 33.0 Å². The number of aromatic amines is 1. The van der Waals surface area contributed by atoms with Gasteiger partial charge in [0.05, 0.1) is 24.2 Å². The van der Waals surface area contributed by atoms with Crippen LogP contribution in [0, 0.1) is 0 Å². The Morgan fingerprint density at radius 3 is 2.81 bits per heavy atom. The molecule has 0 unspecified atom stereocenters. The van der Waals surface area contributed by atoms with E-state index >= 15 is 0 Å². The number of fused-ring (bicyclic) bond motifs is 1. The van der Waals surface area contributed by atoms with E-state index in [1.54, 1.807) is 42.5 Å². The first-order valence-corrected chi connectivity index (χ1v) is 8.74. The van der Waals surface area contributed by atoms with Gasteiger partial charge in [0.15, 0.2) is 11.5 Å². The van der Waals surface area contributed by atoms with Gasteiger partial charge in [0.25, 0.3) is 5.56 Å². The molecule has 3 rings (SSSR count). The molecule has 0 fully saturated rings. The number of halogens is 1. The summed E-state index contributed by atoms with van der Waals surface area (Å²) in [5.74, 6) is 0.905. The van der Waals surface area contributed by atoms with E-state index in [1.165, 1.54) is 13.3 Å². The van der Waals surface area contributed by atoms with Gasteiger partial charge < -0.3 is 14.5 Å². The summed E-state index contributed by atoms with van der Waals surface area (Å²) in [5.41, 5.74) is -0.160. The fourth-order valence-corrected chi connectivity index (χ4v) is 2.97. The Labute approximate surface area is 162 Å². The summed E-state index contributed by atoms with van der Waals surface area (Å²) in [6, 6.07) is 10.2. The normalized spacial score (nSPS) is 11.0. The number of H-pyrrole nitrogens is 1. The van der Waals surface area contributed by atoms with Crippen LogP contribution >= 0.6 is 15.9 Å². The van der Waals surface area contributed by atoms with Crippen LogP contribution in [0.5, 0.6) is 11.5 Å². The van der Waals surface area contributed by atoms with Crippen molar-refractivity contribution in [3.63, 3.8) is 0 Å². The van der Waals surface area contributed by atoms with Gasteiger partial charge in [0.2, 0.25) is 0 Å². The topological polar surface area (TPSA) is 85.7 Å². The summed E-state index contributed by atoms with van der Waals surface area (Å²) in [5, 5.41) is 4.43. The summed E-state index contributed by atoms with van der Waals surface area (Å²) < 4.78 is 12.5. The van der Waals surface area contributed by atoms with Crippen LogP contribution in [0.25, 0.3) is 10.9 Å². The van der Waals surface area contributed by atoms with Crippen molar-refractivity contribution in [2.45, 2.75) is 0 Å². The largest absolute Gasteiger partial charge is 0.493 e. The lowest BCUT2D eigenvalue weighted by atomic mass is 10.2. The predicted octanol–water partition coefficient (Wildman–Crippen LogP) is 2.91. The van der Waals surface area contributed by atoms with Crippen LogP contribution < -0.4 is 20.7 Å². The fourth-order valence-electron chi connectivity index (χ4n) is 2.51. The average molecular weight is 430 g/mol. The minimum absolute atomic E-state index is 0.259. The summed E-state index contributed by atoms with van der Waals surface area (Å²) in [4.78, 5) is 27.4. The van der Waals surface area contributed by atoms with Crippen LogP contribution in [0.4, 0.5) is 0 Å². The highest BCUT2D eigenvalue weighted by Crippen LogP contribution is 2.34. The Bertz CT molecular complexity index is 1150. The molecule has 8 heteroatoms. The van der Waals surface area contributed by atoms with E-state index in [-0.39, 0.29) is 6.61 Å². The van der Waals surface area contributed by atoms with Gasteiger partial charge in [-0.3, -0.25) is 4.79 Å². The molecule has 0 aliphatic rings. The molecule has 0 bridgehead atoms. The Hall–Kier alpha value is -3.13. The van der Waals surface area contributed by atoms with Gasteiger partial charge in [-0.1, -0.05) is 40.7 Å². The second kappa shape index (κ2) is 8.05. The maximum Gasteiger partial charge on any atom is 0.349 e. The van der Waals surface area contributed by atoms with Gasteiger partial charge >= 0.3 is 5.69 Å². The van der Waals surface area contributed by atoms with Crippen LogP contribution in [0.1, 0.15) is 5.56 Å². The molecule has 1 aromatic heterocycles. The molecule has 0 aliphatic carbocycles. The van der Waals surface area contributed by atoms with Gasteiger partial charge in [-0.2, -0.15) is 5.10 Å². The minimum atomic E-state index is -0.634. The molecule has 27 heavy (non-hydrogen) atoms. The smallest absolute Gasteiger partial charge is 0.349 e. The Morgan fingerprint density at radius 1 is 1.30 bits per heavy atom. The third-order valence-corrected chi connectivity index (χ3v) is 4.17. The summed E-state index contributed by atoms with van der Waals surface area (Å²) in [7, 11) is 1.52. The van der Waals surface area contributed by atoms with E-state index in [4.69, 9.17) is 9.47 Å². The number of benzene rings is 2. The first kappa shape index (κ1) is 18.7. The molecule has 2 aromatic carbocycles. The second-order valence-electron chi connectivity index (χ2n) is 5.46. The van der Waals surface area contributed by atoms with Gasteiger partial charge in [0, 0.05) is 10.0 Å². The molecule has 0 saturated heterocycles.